The summed E-state index contributed by atoms with van der Waals surface area (Å²) in [5.74, 6) is 0.534. The van der Waals surface area contributed by atoms with Gasteiger partial charge in [0.25, 0.3) is 0 Å². The molecule has 0 unspecified atom stereocenters. The van der Waals surface area contributed by atoms with Crippen molar-refractivity contribution in [3.63, 3.8) is 0 Å². The molecular weight excluding hydrogens is 632 g/mol. The highest BCUT2D eigenvalue weighted by atomic mass is 16.5. The lowest BCUT2D eigenvalue weighted by atomic mass is 10.0. The summed E-state index contributed by atoms with van der Waals surface area (Å²) in [4.78, 5) is 44.8. The lowest BCUT2D eigenvalue weighted by Gasteiger charge is -2.21. The highest BCUT2D eigenvalue weighted by molar-refractivity contribution is 5.99. The second-order valence-electron chi connectivity index (χ2n) is 12.3. The van der Waals surface area contributed by atoms with Gasteiger partial charge in [0.15, 0.2) is 16.8 Å². The summed E-state index contributed by atoms with van der Waals surface area (Å²) in [5.41, 5.74) is 3.44. The largest absolute Gasteiger partial charge is 0.494 e. The Hall–Kier alpha value is -5.70. The van der Waals surface area contributed by atoms with Gasteiger partial charge in [0.05, 0.1) is 18.8 Å². The Balaban J connectivity index is 1.10. The van der Waals surface area contributed by atoms with Crippen LogP contribution in [0.1, 0.15) is 56.8 Å². The van der Waals surface area contributed by atoms with Crippen LogP contribution in [0.15, 0.2) is 100 Å². The summed E-state index contributed by atoms with van der Waals surface area (Å²) in [7, 11) is 0. The highest BCUT2D eigenvalue weighted by Crippen LogP contribution is 2.33. The average molecular weight is 673 g/mol. The van der Waals surface area contributed by atoms with Gasteiger partial charge in [-0.3, -0.25) is 4.79 Å². The van der Waals surface area contributed by atoms with Crippen molar-refractivity contribution >= 4 is 50.3 Å². The molecule has 0 spiro atoms. The van der Waals surface area contributed by atoms with Crippen LogP contribution in [0.5, 0.6) is 11.5 Å². The fraction of sp³-hybridized carbons (Fsp3) is 0.268. The van der Waals surface area contributed by atoms with E-state index in [0.29, 0.717) is 57.7 Å². The van der Waals surface area contributed by atoms with Crippen LogP contribution in [0.2, 0.25) is 0 Å². The molecule has 0 bridgehead atoms. The van der Waals surface area contributed by atoms with E-state index in [4.69, 9.17) is 23.6 Å². The monoisotopic (exact) mass is 672 g/mol. The Morgan fingerprint density at radius 3 is 2.32 bits per heavy atom. The molecule has 0 saturated heterocycles. The summed E-state index contributed by atoms with van der Waals surface area (Å²) < 4.78 is 22.9. The molecule has 0 N–H and O–H groups in total. The Morgan fingerprint density at radius 2 is 1.54 bits per heavy atom. The van der Waals surface area contributed by atoms with Crippen LogP contribution in [-0.2, 0) is 9.53 Å². The summed E-state index contributed by atoms with van der Waals surface area (Å²) in [6, 6.07) is 23.4. The number of ether oxygens (including phenoxy) is 3. The van der Waals surface area contributed by atoms with Crippen molar-refractivity contribution in [1.29, 1.82) is 0 Å². The van der Waals surface area contributed by atoms with Gasteiger partial charge in [-0.15, -0.1) is 0 Å². The Bertz CT molecular complexity index is 2230. The smallest absolute Gasteiger partial charge is 0.343 e. The number of benzene rings is 5. The topological polar surface area (TPSA) is 108 Å². The third-order valence-electron chi connectivity index (χ3n) is 8.68. The van der Waals surface area contributed by atoms with Gasteiger partial charge >= 0.3 is 11.9 Å². The summed E-state index contributed by atoms with van der Waals surface area (Å²) in [6.45, 7) is 12.1. The van der Waals surface area contributed by atoms with E-state index in [-0.39, 0.29) is 17.1 Å². The zero-order valence-corrected chi connectivity index (χ0v) is 28.6. The van der Waals surface area contributed by atoms with Gasteiger partial charge in [-0.1, -0.05) is 18.7 Å². The first-order valence-electron chi connectivity index (χ1n) is 17.0. The molecule has 1 aliphatic carbocycles. The maximum absolute atomic E-state index is 13.2. The number of fused-ring (bicyclic) bond motifs is 5. The molecule has 50 heavy (non-hydrogen) atoms. The van der Waals surface area contributed by atoms with Crippen molar-refractivity contribution in [1.82, 2.24) is 4.98 Å². The molecule has 0 saturated carbocycles. The second kappa shape index (κ2) is 15.2. The number of carbonyl (C=O) groups excluding carboxylic acids is 2. The van der Waals surface area contributed by atoms with E-state index >= 15 is 0 Å². The number of hydrogen-bond donors (Lipinski definition) is 0. The number of anilines is 1. The van der Waals surface area contributed by atoms with Crippen LogP contribution in [-0.4, -0.2) is 43.2 Å². The van der Waals surface area contributed by atoms with E-state index in [1.165, 1.54) is 6.07 Å². The standard InChI is InChI=1S/C41H40N2O7/c1-5-43(6-2)30-14-18-35-37(23-30)50-38-25-36(44)34-24-32(16-17-33(34)39(38)42-35)49-41(46)29-12-11-28-22-31(15-13-27(28)21-29)47-19-9-7-8-10-20-48-40(45)26(3)4/h11-18,21-25H,3,5-10,19-20H2,1-2,4H3. The SMILES string of the molecule is C=C(C)C(=O)OCCCCCCOc1ccc2cc(C(=O)Oc3ccc4c5nc6ccc(N(CC)CC)cc6oc-5cc(=O)c4c3)ccc2c1. The number of carbonyl (C=O) groups is 2. The van der Waals surface area contributed by atoms with E-state index in [2.05, 4.69) is 25.3 Å². The molecule has 0 aromatic heterocycles. The summed E-state index contributed by atoms with van der Waals surface area (Å²) in [5, 5.41) is 2.81. The number of hydrogen-bond acceptors (Lipinski definition) is 9. The average Bonchev–Trinajstić information content (AvgIpc) is 3.12. The molecule has 9 heteroatoms. The fourth-order valence-electron chi connectivity index (χ4n) is 5.93. The molecule has 0 radical (unpaired) electrons. The van der Waals surface area contributed by atoms with E-state index in [1.807, 2.05) is 42.5 Å². The molecular formula is C41H40N2O7. The quantitative estimate of drug-likeness (QED) is 0.0280. The van der Waals surface area contributed by atoms with Gasteiger partial charge in [-0.05, 0) is 112 Å². The van der Waals surface area contributed by atoms with Crippen LogP contribution >= 0.6 is 0 Å². The zero-order valence-electron chi connectivity index (χ0n) is 28.6. The maximum Gasteiger partial charge on any atom is 0.343 e. The molecule has 1 aliphatic heterocycles. The number of aromatic nitrogens is 1. The van der Waals surface area contributed by atoms with Gasteiger partial charge in [0.1, 0.15) is 22.7 Å². The van der Waals surface area contributed by atoms with Gasteiger partial charge in [0, 0.05) is 47.3 Å². The number of esters is 2. The first kappa shape index (κ1) is 34.2. The predicted octanol–water partition coefficient (Wildman–Crippen LogP) is 8.72. The molecule has 9 nitrogen and oxygen atoms in total. The predicted molar refractivity (Wildman–Crippen MR) is 197 cm³/mol. The molecule has 2 aliphatic rings. The first-order valence-corrected chi connectivity index (χ1v) is 17.0. The number of unbranched alkanes of at least 4 members (excludes halogenated alkanes) is 3. The minimum absolute atomic E-state index is 0.250. The van der Waals surface area contributed by atoms with Crippen LogP contribution in [0.25, 0.3) is 44.1 Å². The van der Waals surface area contributed by atoms with E-state index in [9.17, 15) is 14.4 Å². The van der Waals surface area contributed by atoms with Crippen molar-refractivity contribution < 1.29 is 28.2 Å². The van der Waals surface area contributed by atoms with Crippen molar-refractivity contribution in [2.75, 3.05) is 31.2 Å². The van der Waals surface area contributed by atoms with Crippen molar-refractivity contribution in [3.05, 3.63) is 107 Å². The normalized spacial score (nSPS) is 11.3. The molecule has 0 fully saturated rings. The molecule has 0 atom stereocenters. The second-order valence-corrected chi connectivity index (χ2v) is 12.3. The zero-order chi connectivity index (χ0) is 35.2. The van der Waals surface area contributed by atoms with Gasteiger partial charge in [0.2, 0.25) is 0 Å². The Morgan fingerprint density at radius 1 is 0.800 bits per heavy atom. The Labute approximate surface area is 290 Å². The lowest BCUT2D eigenvalue weighted by molar-refractivity contribution is -0.139. The van der Waals surface area contributed by atoms with Gasteiger partial charge in [-0.2, -0.15) is 0 Å². The number of rotatable bonds is 14. The van der Waals surface area contributed by atoms with E-state index in [0.717, 1.165) is 61.0 Å². The fourth-order valence-corrected chi connectivity index (χ4v) is 5.93. The van der Waals surface area contributed by atoms with E-state index < -0.39 is 5.97 Å². The minimum atomic E-state index is -0.530. The van der Waals surface area contributed by atoms with Crippen LogP contribution in [0.4, 0.5) is 5.69 Å². The highest BCUT2D eigenvalue weighted by Gasteiger charge is 2.18. The molecule has 256 valence electrons. The molecule has 1 heterocycles. The van der Waals surface area contributed by atoms with Crippen LogP contribution in [0, 0.1) is 0 Å². The van der Waals surface area contributed by atoms with Crippen LogP contribution < -0.4 is 19.8 Å². The van der Waals surface area contributed by atoms with Crippen molar-refractivity contribution in [2.45, 2.75) is 46.5 Å². The van der Waals surface area contributed by atoms with Gasteiger partial charge < -0.3 is 23.5 Å². The number of nitrogens with zero attached hydrogens (tertiary/aromatic N) is 2. The van der Waals surface area contributed by atoms with Gasteiger partial charge in [-0.25, -0.2) is 14.6 Å². The molecule has 0 amide bonds. The lowest BCUT2D eigenvalue weighted by Crippen LogP contribution is -2.21. The van der Waals surface area contributed by atoms with E-state index in [1.54, 1.807) is 37.3 Å². The van der Waals surface area contributed by atoms with Crippen molar-refractivity contribution in [2.24, 2.45) is 0 Å². The van der Waals surface area contributed by atoms with Crippen LogP contribution in [0.3, 0.4) is 0 Å². The first-order chi connectivity index (χ1) is 24.2. The molecule has 6 rings (SSSR count). The van der Waals surface area contributed by atoms with Crippen molar-refractivity contribution in [3.8, 4) is 23.0 Å². The molecule has 4 aromatic rings. The molecule has 4 aromatic carbocycles. The summed E-state index contributed by atoms with van der Waals surface area (Å²) >= 11 is 0. The third kappa shape index (κ3) is 7.62. The summed E-state index contributed by atoms with van der Waals surface area (Å²) in [6.07, 6.45) is 3.61. The maximum atomic E-state index is 13.2. The Kier molecular flexibility index (Phi) is 10.4. The third-order valence-corrected chi connectivity index (χ3v) is 8.68. The minimum Gasteiger partial charge on any atom is -0.494 e.